The van der Waals surface area contributed by atoms with Crippen LogP contribution < -0.4 is 0 Å². The van der Waals surface area contributed by atoms with Crippen LogP contribution in [0.25, 0.3) is 5.57 Å². The molecule has 5 nitrogen and oxygen atoms in total. The first-order valence-electron chi connectivity index (χ1n) is 9.75. The average Bonchev–Trinajstić information content (AvgIpc) is 3.10. The minimum absolute atomic E-state index is 0.0641. The highest BCUT2D eigenvalue weighted by molar-refractivity contribution is 6.06. The molecule has 0 spiro atoms. The molecule has 0 saturated carbocycles. The van der Waals surface area contributed by atoms with E-state index in [-0.39, 0.29) is 18.0 Å². The number of Topliss-reactive ketones (excluding diaryl/α,β-unsaturated/α-hetero) is 1. The van der Waals surface area contributed by atoms with Crippen molar-refractivity contribution in [2.45, 2.75) is 51.7 Å². The van der Waals surface area contributed by atoms with Crippen molar-refractivity contribution in [1.29, 1.82) is 0 Å². The van der Waals surface area contributed by atoms with Gasteiger partial charge in [0.15, 0.2) is 5.78 Å². The Bertz CT molecular complexity index is 805. The Morgan fingerprint density at radius 3 is 2.70 bits per heavy atom. The van der Waals surface area contributed by atoms with E-state index in [9.17, 15) is 9.59 Å². The monoisotopic (exact) mass is 369 g/mol. The van der Waals surface area contributed by atoms with Crippen molar-refractivity contribution in [3.8, 4) is 0 Å². The first-order valence-corrected chi connectivity index (χ1v) is 9.75. The summed E-state index contributed by atoms with van der Waals surface area (Å²) in [5, 5.41) is 0. The molecule has 27 heavy (non-hydrogen) atoms. The Morgan fingerprint density at radius 1 is 1.22 bits per heavy atom. The van der Waals surface area contributed by atoms with Crippen molar-refractivity contribution < 1.29 is 19.1 Å². The van der Waals surface area contributed by atoms with Crippen LogP contribution in [0.15, 0.2) is 29.8 Å². The van der Waals surface area contributed by atoms with Gasteiger partial charge in [0.1, 0.15) is 5.60 Å². The Morgan fingerprint density at radius 2 is 1.96 bits per heavy atom. The van der Waals surface area contributed by atoms with Crippen molar-refractivity contribution in [3.05, 3.63) is 41.0 Å². The van der Waals surface area contributed by atoms with Gasteiger partial charge in [-0.1, -0.05) is 29.8 Å². The molecule has 1 fully saturated rings. The number of benzene rings is 1. The van der Waals surface area contributed by atoms with Gasteiger partial charge in [-0.15, -0.1) is 0 Å². The highest BCUT2D eigenvalue weighted by Crippen LogP contribution is 2.40. The van der Waals surface area contributed by atoms with Gasteiger partial charge in [0, 0.05) is 31.0 Å². The molecule has 0 aromatic heterocycles. The first kappa shape index (κ1) is 18.2. The fraction of sp³-hybridized carbons (Fsp3) is 0.545. The van der Waals surface area contributed by atoms with E-state index in [4.69, 9.17) is 9.47 Å². The van der Waals surface area contributed by atoms with Crippen LogP contribution in [-0.2, 0) is 9.47 Å². The molecule has 1 saturated heterocycles. The molecule has 0 radical (unpaired) electrons. The van der Waals surface area contributed by atoms with Crippen molar-refractivity contribution in [1.82, 2.24) is 4.90 Å². The van der Waals surface area contributed by atoms with Gasteiger partial charge in [-0.2, -0.15) is 0 Å². The fourth-order valence-electron chi connectivity index (χ4n) is 4.33. The maximum atomic E-state index is 12.5. The van der Waals surface area contributed by atoms with Crippen LogP contribution >= 0.6 is 0 Å². The number of fused-ring (bicyclic) bond motifs is 2. The van der Waals surface area contributed by atoms with Crippen LogP contribution in [0.1, 0.15) is 56.0 Å². The predicted octanol–water partition coefficient (Wildman–Crippen LogP) is 4.07. The van der Waals surface area contributed by atoms with E-state index in [2.05, 4.69) is 0 Å². The van der Waals surface area contributed by atoms with Crippen molar-refractivity contribution in [2.24, 2.45) is 5.92 Å². The quantitative estimate of drug-likeness (QED) is 0.749. The van der Waals surface area contributed by atoms with Gasteiger partial charge in [-0.25, -0.2) is 4.79 Å². The number of hydrogen-bond donors (Lipinski definition) is 0. The molecule has 5 heteroatoms. The van der Waals surface area contributed by atoms with Crippen LogP contribution in [0.5, 0.6) is 0 Å². The lowest BCUT2D eigenvalue weighted by atomic mass is 9.80. The zero-order valence-electron chi connectivity index (χ0n) is 16.3. The van der Waals surface area contributed by atoms with Crippen molar-refractivity contribution in [3.63, 3.8) is 0 Å². The molecule has 0 bridgehead atoms. The molecule has 2 aliphatic heterocycles. The maximum absolute atomic E-state index is 12.5. The second kappa shape index (κ2) is 6.79. The number of ketones is 1. The fourth-order valence-corrected chi connectivity index (χ4v) is 4.33. The van der Waals surface area contributed by atoms with Crippen LogP contribution in [0.2, 0.25) is 0 Å². The van der Waals surface area contributed by atoms with E-state index < -0.39 is 5.60 Å². The summed E-state index contributed by atoms with van der Waals surface area (Å²) in [5.41, 5.74) is 3.76. The number of hydrogen-bond acceptors (Lipinski definition) is 4. The number of ether oxygens (including phenoxy) is 2. The van der Waals surface area contributed by atoms with E-state index in [1.807, 2.05) is 45.0 Å². The van der Waals surface area contributed by atoms with E-state index in [0.29, 0.717) is 32.0 Å². The minimum Gasteiger partial charge on any atom is -0.444 e. The molecule has 1 aromatic rings. The summed E-state index contributed by atoms with van der Waals surface area (Å²) in [4.78, 5) is 26.6. The normalized spacial score (nSPS) is 25.3. The molecular weight excluding hydrogens is 342 g/mol. The average molecular weight is 369 g/mol. The third kappa shape index (κ3) is 3.65. The third-order valence-corrected chi connectivity index (χ3v) is 5.64. The molecular formula is C22H27NO4. The molecule has 1 aromatic carbocycles. The summed E-state index contributed by atoms with van der Waals surface area (Å²) >= 11 is 0. The van der Waals surface area contributed by atoms with E-state index in [1.165, 1.54) is 11.1 Å². The molecule has 3 aliphatic rings. The van der Waals surface area contributed by atoms with Crippen LogP contribution in [0.4, 0.5) is 4.79 Å². The number of carbonyl (C=O) groups is 2. The summed E-state index contributed by atoms with van der Waals surface area (Å²) in [6, 6.07) is 7.82. The van der Waals surface area contributed by atoms with Crippen LogP contribution in [0, 0.1) is 5.92 Å². The molecule has 1 aliphatic carbocycles. The Hall–Kier alpha value is -2.14. The lowest BCUT2D eigenvalue weighted by Gasteiger charge is -2.34. The Balaban J connectivity index is 1.45. The molecule has 2 unspecified atom stereocenters. The highest BCUT2D eigenvalue weighted by Gasteiger charge is 2.38. The zero-order chi connectivity index (χ0) is 19.2. The van der Waals surface area contributed by atoms with E-state index in [0.717, 1.165) is 24.0 Å². The SMILES string of the molecule is CC(C)(C)OC(=O)N1CCC(C2CC3=C(CO2)c2ccccc2C(=O)C3)C1. The lowest BCUT2D eigenvalue weighted by Crippen LogP contribution is -2.37. The van der Waals surface area contributed by atoms with Gasteiger partial charge < -0.3 is 14.4 Å². The molecule has 0 N–H and O–H groups in total. The lowest BCUT2D eigenvalue weighted by molar-refractivity contribution is 0.0160. The van der Waals surface area contributed by atoms with E-state index in [1.54, 1.807) is 4.90 Å². The molecule has 2 heterocycles. The minimum atomic E-state index is -0.480. The summed E-state index contributed by atoms with van der Waals surface area (Å²) in [6.45, 7) is 7.56. The van der Waals surface area contributed by atoms with Crippen LogP contribution in [0.3, 0.4) is 0 Å². The van der Waals surface area contributed by atoms with Crippen molar-refractivity contribution in [2.75, 3.05) is 19.7 Å². The first-order chi connectivity index (χ1) is 12.8. The second-order valence-electron chi connectivity index (χ2n) is 8.76. The van der Waals surface area contributed by atoms with E-state index >= 15 is 0 Å². The van der Waals surface area contributed by atoms with Gasteiger partial charge in [-0.3, -0.25) is 4.79 Å². The number of rotatable bonds is 1. The Labute approximate surface area is 160 Å². The summed E-state index contributed by atoms with van der Waals surface area (Å²) in [5.74, 6) is 0.491. The predicted molar refractivity (Wildman–Crippen MR) is 103 cm³/mol. The number of likely N-dealkylation sites (tertiary alicyclic amines) is 1. The van der Waals surface area contributed by atoms with Crippen molar-refractivity contribution >= 4 is 17.4 Å². The second-order valence-corrected chi connectivity index (χ2v) is 8.76. The third-order valence-electron chi connectivity index (χ3n) is 5.64. The highest BCUT2D eigenvalue weighted by atomic mass is 16.6. The smallest absolute Gasteiger partial charge is 0.410 e. The molecule has 4 rings (SSSR count). The summed E-state index contributed by atoms with van der Waals surface area (Å²) in [7, 11) is 0. The standard InChI is InChI=1S/C22H27NO4/c1-22(2,3)27-21(25)23-9-8-14(12-23)20-11-15-10-19(24)17-7-5-4-6-16(17)18(15)13-26-20/h4-7,14,20H,8-13H2,1-3H3. The number of amides is 1. The van der Waals surface area contributed by atoms with Gasteiger partial charge in [0.2, 0.25) is 0 Å². The number of carbonyl (C=O) groups excluding carboxylic acids is 2. The topological polar surface area (TPSA) is 55.8 Å². The number of nitrogens with zero attached hydrogens (tertiary/aromatic N) is 1. The Kier molecular flexibility index (Phi) is 4.58. The van der Waals surface area contributed by atoms with Gasteiger partial charge in [0.25, 0.3) is 0 Å². The van der Waals surface area contributed by atoms with Gasteiger partial charge in [-0.05, 0) is 44.7 Å². The molecule has 1 amide bonds. The largest absolute Gasteiger partial charge is 0.444 e. The zero-order valence-corrected chi connectivity index (χ0v) is 16.3. The molecule has 144 valence electrons. The maximum Gasteiger partial charge on any atom is 0.410 e. The summed E-state index contributed by atoms with van der Waals surface area (Å²) in [6.07, 6.45) is 2.00. The molecule has 2 atom stereocenters. The van der Waals surface area contributed by atoms with Gasteiger partial charge >= 0.3 is 6.09 Å². The van der Waals surface area contributed by atoms with Gasteiger partial charge in [0.05, 0.1) is 12.7 Å². The summed E-state index contributed by atoms with van der Waals surface area (Å²) < 4.78 is 11.7. The van der Waals surface area contributed by atoms with Crippen LogP contribution in [-0.4, -0.2) is 48.2 Å².